The molecule has 5 heteroatoms. The van der Waals surface area contributed by atoms with E-state index in [9.17, 15) is 0 Å². The van der Waals surface area contributed by atoms with E-state index in [1.54, 1.807) is 18.4 Å². The Morgan fingerprint density at radius 3 is 3.20 bits per heavy atom. The van der Waals surface area contributed by atoms with Gasteiger partial charge in [-0.3, -0.25) is 0 Å². The SMILES string of the molecule is COc1sc(CNC2CCOC2)cc1Br. The Bertz CT molecular complexity index is 323. The van der Waals surface area contributed by atoms with Crippen molar-refractivity contribution in [3.8, 4) is 5.06 Å². The standard InChI is InChI=1S/C10H14BrNO2S/c1-13-10-9(11)4-8(15-10)5-12-7-2-3-14-6-7/h4,7,12H,2-3,5-6H2,1H3. The average Bonchev–Trinajstić information content (AvgIpc) is 2.83. The summed E-state index contributed by atoms with van der Waals surface area (Å²) in [5, 5.41) is 4.41. The minimum atomic E-state index is 0.511. The summed E-state index contributed by atoms with van der Waals surface area (Å²) in [4.78, 5) is 1.28. The summed E-state index contributed by atoms with van der Waals surface area (Å²) >= 11 is 5.13. The van der Waals surface area contributed by atoms with Crippen LogP contribution in [0.4, 0.5) is 0 Å². The van der Waals surface area contributed by atoms with Crippen LogP contribution < -0.4 is 10.1 Å². The minimum Gasteiger partial charge on any atom is -0.486 e. The maximum Gasteiger partial charge on any atom is 0.188 e. The normalized spacial score (nSPS) is 20.8. The van der Waals surface area contributed by atoms with Crippen LogP contribution >= 0.6 is 27.3 Å². The number of rotatable bonds is 4. The van der Waals surface area contributed by atoms with E-state index in [-0.39, 0.29) is 0 Å². The topological polar surface area (TPSA) is 30.5 Å². The number of nitrogens with one attached hydrogen (secondary N) is 1. The molecule has 1 unspecified atom stereocenters. The van der Waals surface area contributed by atoms with Crippen LogP contribution in [0.5, 0.6) is 5.06 Å². The molecule has 1 aliphatic rings. The van der Waals surface area contributed by atoms with Crippen LogP contribution in [-0.2, 0) is 11.3 Å². The number of hydrogen-bond acceptors (Lipinski definition) is 4. The van der Waals surface area contributed by atoms with Crippen LogP contribution in [0.3, 0.4) is 0 Å². The van der Waals surface area contributed by atoms with Gasteiger partial charge < -0.3 is 14.8 Å². The molecule has 0 aromatic carbocycles. The van der Waals surface area contributed by atoms with Gasteiger partial charge in [-0.1, -0.05) is 0 Å². The molecule has 0 bridgehead atoms. The molecule has 1 atom stereocenters. The van der Waals surface area contributed by atoms with Gasteiger partial charge in [0.05, 0.1) is 18.2 Å². The maximum atomic E-state index is 5.30. The molecule has 1 saturated heterocycles. The zero-order valence-electron chi connectivity index (χ0n) is 8.59. The molecule has 3 nitrogen and oxygen atoms in total. The number of ether oxygens (including phenoxy) is 2. The van der Waals surface area contributed by atoms with E-state index < -0.39 is 0 Å². The molecule has 1 N–H and O–H groups in total. The molecular formula is C10H14BrNO2S. The molecule has 84 valence electrons. The van der Waals surface area contributed by atoms with E-state index in [1.165, 1.54) is 4.88 Å². The predicted molar refractivity (Wildman–Crippen MR) is 64.6 cm³/mol. The molecule has 0 radical (unpaired) electrons. The van der Waals surface area contributed by atoms with Gasteiger partial charge in [-0.25, -0.2) is 0 Å². The molecule has 2 heterocycles. The highest BCUT2D eigenvalue weighted by atomic mass is 79.9. The molecule has 1 aliphatic heterocycles. The number of methoxy groups -OCH3 is 1. The van der Waals surface area contributed by atoms with Crippen molar-refractivity contribution in [3.05, 3.63) is 15.4 Å². The lowest BCUT2D eigenvalue weighted by Crippen LogP contribution is -2.28. The van der Waals surface area contributed by atoms with Gasteiger partial charge in [0.25, 0.3) is 0 Å². The van der Waals surface area contributed by atoms with Gasteiger partial charge in [-0.15, -0.1) is 11.3 Å². The minimum absolute atomic E-state index is 0.511. The van der Waals surface area contributed by atoms with Gasteiger partial charge >= 0.3 is 0 Å². The van der Waals surface area contributed by atoms with Crippen molar-refractivity contribution in [2.45, 2.75) is 19.0 Å². The first-order valence-corrected chi connectivity index (χ1v) is 6.54. The molecule has 15 heavy (non-hydrogen) atoms. The summed E-state index contributed by atoms with van der Waals surface area (Å²) in [6.45, 7) is 2.61. The van der Waals surface area contributed by atoms with Gasteiger partial charge in [0, 0.05) is 24.1 Å². The third-order valence-electron chi connectivity index (χ3n) is 2.39. The maximum absolute atomic E-state index is 5.30. The average molecular weight is 292 g/mol. The summed E-state index contributed by atoms with van der Waals surface area (Å²) in [5.74, 6) is 0. The van der Waals surface area contributed by atoms with E-state index in [0.717, 1.165) is 35.7 Å². The van der Waals surface area contributed by atoms with E-state index in [0.29, 0.717) is 6.04 Å². The van der Waals surface area contributed by atoms with Crippen LogP contribution in [0.15, 0.2) is 10.5 Å². The summed E-state index contributed by atoms with van der Waals surface area (Å²) in [6.07, 6.45) is 1.11. The lowest BCUT2D eigenvalue weighted by Gasteiger charge is -2.08. The van der Waals surface area contributed by atoms with Crippen LogP contribution in [0.1, 0.15) is 11.3 Å². The van der Waals surface area contributed by atoms with Crippen molar-refractivity contribution >= 4 is 27.3 Å². The first kappa shape index (κ1) is 11.4. The zero-order chi connectivity index (χ0) is 10.7. The summed E-state index contributed by atoms with van der Waals surface area (Å²) in [5.41, 5.74) is 0. The Morgan fingerprint density at radius 2 is 2.60 bits per heavy atom. The van der Waals surface area contributed by atoms with Crippen molar-refractivity contribution in [2.24, 2.45) is 0 Å². The smallest absolute Gasteiger partial charge is 0.188 e. The molecule has 0 aliphatic carbocycles. The Morgan fingerprint density at radius 1 is 1.73 bits per heavy atom. The molecule has 1 aromatic rings. The number of thiophene rings is 1. The number of halogens is 1. The fraction of sp³-hybridized carbons (Fsp3) is 0.600. The van der Waals surface area contributed by atoms with Crippen molar-refractivity contribution in [2.75, 3.05) is 20.3 Å². The Hall–Kier alpha value is -0.100. The summed E-state index contributed by atoms with van der Waals surface area (Å²) in [6, 6.07) is 2.61. The first-order chi connectivity index (χ1) is 7.29. The molecule has 2 rings (SSSR count). The molecular weight excluding hydrogens is 278 g/mol. The lowest BCUT2D eigenvalue weighted by atomic mass is 10.2. The quantitative estimate of drug-likeness (QED) is 0.924. The highest BCUT2D eigenvalue weighted by Crippen LogP contribution is 2.34. The summed E-state index contributed by atoms with van der Waals surface area (Å²) < 4.78 is 11.6. The second kappa shape index (κ2) is 5.30. The highest BCUT2D eigenvalue weighted by Gasteiger charge is 2.15. The fourth-order valence-corrected chi connectivity index (χ4v) is 3.21. The van der Waals surface area contributed by atoms with Crippen LogP contribution in [0.25, 0.3) is 0 Å². The van der Waals surface area contributed by atoms with Gasteiger partial charge in [-0.05, 0) is 28.4 Å². The monoisotopic (exact) mass is 291 g/mol. The molecule has 1 fully saturated rings. The fourth-order valence-electron chi connectivity index (χ4n) is 1.56. The molecule has 0 amide bonds. The van der Waals surface area contributed by atoms with E-state index in [1.807, 2.05) is 0 Å². The van der Waals surface area contributed by atoms with Crippen LogP contribution in [-0.4, -0.2) is 26.4 Å². The van der Waals surface area contributed by atoms with E-state index >= 15 is 0 Å². The van der Waals surface area contributed by atoms with Crippen LogP contribution in [0, 0.1) is 0 Å². The second-order valence-electron chi connectivity index (χ2n) is 3.49. The van der Waals surface area contributed by atoms with Gasteiger partial charge in [0.1, 0.15) is 0 Å². The largest absolute Gasteiger partial charge is 0.486 e. The zero-order valence-corrected chi connectivity index (χ0v) is 11.0. The van der Waals surface area contributed by atoms with Crippen molar-refractivity contribution in [1.82, 2.24) is 5.32 Å². The first-order valence-electron chi connectivity index (χ1n) is 4.93. The van der Waals surface area contributed by atoms with E-state index in [2.05, 4.69) is 27.3 Å². The van der Waals surface area contributed by atoms with Gasteiger partial charge in [0.15, 0.2) is 5.06 Å². The Labute approximate surface area is 102 Å². The van der Waals surface area contributed by atoms with E-state index in [4.69, 9.17) is 9.47 Å². The lowest BCUT2D eigenvalue weighted by molar-refractivity contribution is 0.190. The molecule has 0 saturated carbocycles. The number of hydrogen-bond donors (Lipinski definition) is 1. The van der Waals surface area contributed by atoms with Gasteiger partial charge in [0.2, 0.25) is 0 Å². The van der Waals surface area contributed by atoms with Crippen molar-refractivity contribution in [1.29, 1.82) is 0 Å². The van der Waals surface area contributed by atoms with Gasteiger partial charge in [-0.2, -0.15) is 0 Å². The van der Waals surface area contributed by atoms with Crippen LogP contribution in [0.2, 0.25) is 0 Å². The molecule has 0 spiro atoms. The Balaban J connectivity index is 1.87. The second-order valence-corrected chi connectivity index (χ2v) is 5.45. The van der Waals surface area contributed by atoms with Crippen molar-refractivity contribution in [3.63, 3.8) is 0 Å². The van der Waals surface area contributed by atoms with Crippen molar-refractivity contribution < 1.29 is 9.47 Å². The predicted octanol–water partition coefficient (Wildman–Crippen LogP) is 2.40. The highest BCUT2D eigenvalue weighted by molar-refractivity contribution is 9.10. The third kappa shape index (κ3) is 2.93. The Kier molecular flexibility index (Phi) is 4.02. The molecule has 1 aromatic heterocycles. The summed E-state index contributed by atoms with van der Waals surface area (Å²) in [7, 11) is 1.69. The third-order valence-corrected chi connectivity index (χ3v) is 4.33.